The molecule has 8 nitrogen and oxygen atoms in total. The van der Waals surface area contributed by atoms with Crippen LogP contribution in [0.15, 0.2) is 5.03 Å². The fourth-order valence-corrected chi connectivity index (χ4v) is 3.88. The molecule has 1 aromatic heterocycles. The van der Waals surface area contributed by atoms with Gasteiger partial charge in [0.2, 0.25) is 5.03 Å². The minimum absolute atomic E-state index is 0.139. The summed E-state index contributed by atoms with van der Waals surface area (Å²) in [5, 5.41) is 18.0. The highest BCUT2D eigenvalue weighted by atomic mass is 32.2. The van der Waals surface area contributed by atoms with Crippen molar-refractivity contribution in [3.05, 3.63) is 11.3 Å². The van der Waals surface area contributed by atoms with Crippen LogP contribution in [-0.2, 0) is 10.0 Å². The summed E-state index contributed by atoms with van der Waals surface area (Å²) in [7, 11) is -2.44. The molecule has 2 rings (SSSR count). The highest BCUT2D eigenvalue weighted by Gasteiger charge is 2.35. The third-order valence-electron chi connectivity index (χ3n) is 3.57. The standard InChI is InChI=1S/C11H18N4O4S/c1-7-9(11(16)17)10(14-13-7)20(18,19)15(2)8-3-5-12-6-4-8/h8,12H,3-6H2,1-2H3,(H,13,14)(H,16,17). The molecule has 9 heteroatoms. The lowest BCUT2D eigenvalue weighted by atomic mass is 10.1. The molecule has 1 aliphatic rings. The van der Waals surface area contributed by atoms with Gasteiger partial charge in [-0.25, -0.2) is 13.2 Å². The molecule has 0 aromatic carbocycles. The highest BCUT2D eigenvalue weighted by Crippen LogP contribution is 2.23. The van der Waals surface area contributed by atoms with Crippen molar-refractivity contribution in [2.45, 2.75) is 30.8 Å². The number of aromatic amines is 1. The van der Waals surface area contributed by atoms with Gasteiger partial charge < -0.3 is 10.4 Å². The zero-order valence-electron chi connectivity index (χ0n) is 11.4. The van der Waals surface area contributed by atoms with Gasteiger partial charge in [0, 0.05) is 18.8 Å². The number of sulfonamides is 1. The van der Waals surface area contributed by atoms with E-state index in [1.165, 1.54) is 18.3 Å². The summed E-state index contributed by atoms with van der Waals surface area (Å²) in [5.41, 5.74) is -0.0550. The Labute approximate surface area is 117 Å². The Kier molecular flexibility index (Phi) is 4.11. The number of carbonyl (C=O) groups is 1. The van der Waals surface area contributed by atoms with E-state index in [0.29, 0.717) is 12.8 Å². The maximum Gasteiger partial charge on any atom is 0.340 e. The van der Waals surface area contributed by atoms with Gasteiger partial charge in [0.25, 0.3) is 10.0 Å². The Morgan fingerprint density at radius 1 is 1.40 bits per heavy atom. The summed E-state index contributed by atoms with van der Waals surface area (Å²) in [6.45, 7) is 2.98. The van der Waals surface area contributed by atoms with Crippen LogP contribution in [0.5, 0.6) is 0 Å². The van der Waals surface area contributed by atoms with Crippen molar-refractivity contribution in [3.8, 4) is 0 Å². The molecule has 3 N–H and O–H groups in total. The second-order valence-corrected chi connectivity index (χ2v) is 6.75. The predicted molar refractivity (Wildman–Crippen MR) is 71.1 cm³/mol. The molecule has 1 saturated heterocycles. The predicted octanol–water partition coefficient (Wildman–Crippen LogP) is -0.211. The summed E-state index contributed by atoms with van der Waals surface area (Å²) in [6, 6.07) is -0.139. The third-order valence-corrected chi connectivity index (χ3v) is 5.41. The van der Waals surface area contributed by atoms with Crippen LogP contribution in [0.4, 0.5) is 0 Å². The Bertz CT molecular complexity index is 604. The quantitative estimate of drug-likeness (QED) is 0.709. The van der Waals surface area contributed by atoms with Crippen molar-refractivity contribution in [3.63, 3.8) is 0 Å². The van der Waals surface area contributed by atoms with Gasteiger partial charge in [-0.3, -0.25) is 5.10 Å². The molecule has 0 bridgehead atoms. The SMILES string of the molecule is Cc1[nH]nc(S(=O)(=O)N(C)C2CCNCC2)c1C(=O)O. The zero-order chi connectivity index (χ0) is 14.9. The highest BCUT2D eigenvalue weighted by molar-refractivity contribution is 7.89. The number of carboxylic acid groups (broad SMARTS) is 1. The van der Waals surface area contributed by atoms with Gasteiger partial charge in [-0.05, 0) is 32.9 Å². The molecule has 20 heavy (non-hydrogen) atoms. The molecule has 1 aliphatic heterocycles. The van der Waals surface area contributed by atoms with Crippen LogP contribution in [0, 0.1) is 6.92 Å². The molecular formula is C11H18N4O4S. The first-order chi connectivity index (χ1) is 9.35. The number of piperidine rings is 1. The summed E-state index contributed by atoms with van der Waals surface area (Å²) in [4.78, 5) is 11.2. The maximum absolute atomic E-state index is 12.5. The number of nitrogens with zero attached hydrogens (tertiary/aromatic N) is 2. The number of H-pyrrole nitrogens is 1. The molecule has 0 unspecified atom stereocenters. The number of nitrogens with one attached hydrogen (secondary N) is 2. The van der Waals surface area contributed by atoms with Gasteiger partial charge >= 0.3 is 5.97 Å². The third kappa shape index (κ3) is 2.56. The number of aromatic nitrogens is 2. The van der Waals surface area contributed by atoms with Crippen LogP contribution < -0.4 is 5.32 Å². The molecular weight excluding hydrogens is 284 g/mol. The summed E-state index contributed by atoms with van der Waals surface area (Å²) in [6.07, 6.45) is 1.39. The molecule has 0 atom stereocenters. The smallest absolute Gasteiger partial charge is 0.340 e. The van der Waals surface area contributed by atoms with Crippen molar-refractivity contribution in [1.82, 2.24) is 19.8 Å². The molecule has 0 radical (unpaired) electrons. The topological polar surface area (TPSA) is 115 Å². The number of rotatable bonds is 4. The molecule has 0 spiro atoms. The first kappa shape index (κ1) is 14.9. The second kappa shape index (κ2) is 5.51. The lowest BCUT2D eigenvalue weighted by molar-refractivity contribution is 0.0691. The van der Waals surface area contributed by atoms with E-state index in [-0.39, 0.29) is 17.3 Å². The average molecular weight is 302 g/mol. The summed E-state index contributed by atoms with van der Waals surface area (Å²) in [5.74, 6) is -1.30. The minimum Gasteiger partial charge on any atom is -0.478 e. The van der Waals surface area contributed by atoms with Gasteiger partial charge in [0.05, 0.1) is 0 Å². The number of hydrogen-bond donors (Lipinski definition) is 3. The number of hydrogen-bond acceptors (Lipinski definition) is 5. The lowest BCUT2D eigenvalue weighted by Crippen LogP contribution is -2.44. The van der Waals surface area contributed by atoms with Gasteiger partial charge in [-0.2, -0.15) is 9.40 Å². The van der Waals surface area contributed by atoms with Gasteiger partial charge in [-0.15, -0.1) is 0 Å². The molecule has 1 fully saturated rings. The molecule has 0 amide bonds. The van der Waals surface area contributed by atoms with E-state index in [0.717, 1.165) is 13.1 Å². The Morgan fingerprint density at radius 2 is 2.00 bits per heavy atom. The van der Waals surface area contributed by atoms with E-state index in [1.54, 1.807) is 0 Å². The van der Waals surface area contributed by atoms with Gasteiger partial charge in [0.15, 0.2) is 0 Å². The molecule has 112 valence electrons. The summed E-state index contributed by atoms with van der Waals surface area (Å²) >= 11 is 0. The normalized spacial score (nSPS) is 17.6. The number of carboxylic acids is 1. The number of aryl methyl sites for hydroxylation is 1. The van der Waals surface area contributed by atoms with Crippen molar-refractivity contribution >= 4 is 16.0 Å². The monoisotopic (exact) mass is 302 g/mol. The van der Waals surface area contributed by atoms with Crippen LogP contribution in [0.25, 0.3) is 0 Å². The Balaban J connectivity index is 2.37. The Morgan fingerprint density at radius 3 is 2.55 bits per heavy atom. The Hall–Kier alpha value is -1.45. The minimum atomic E-state index is -3.91. The van der Waals surface area contributed by atoms with Crippen molar-refractivity contribution in [1.29, 1.82) is 0 Å². The average Bonchev–Trinajstić information content (AvgIpc) is 2.81. The molecule has 0 saturated carbocycles. The maximum atomic E-state index is 12.5. The molecule has 0 aliphatic carbocycles. The fraction of sp³-hybridized carbons (Fsp3) is 0.636. The second-order valence-electron chi connectivity index (χ2n) is 4.84. The van der Waals surface area contributed by atoms with E-state index < -0.39 is 21.0 Å². The first-order valence-electron chi connectivity index (χ1n) is 6.32. The largest absolute Gasteiger partial charge is 0.478 e. The van der Waals surface area contributed by atoms with Crippen molar-refractivity contribution < 1.29 is 18.3 Å². The zero-order valence-corrected chi connectivity index (χ0v) is 12.2. The summed E-state index contributed by atoms with van der Waals surface area (Å²) < 4.78 is 26.3. The van der Waals surface area contributed by atoms with Crippen LogP contribution in [0.2, 0.25) is 0 Å². The first-order valence-corrected chi connectivity index (χ1v) is 7.76. The van der Waals surface area contributed by atoms with Gasteiger partial charge in [0.1, 0.15) is 5.56 Å². The van der Waals surface area contributed by atoms with Crippen molar-refractivity contribution in [2.24, 2.45) is 0 Å². The number of aromatic carboxylic acids is 1. The van der Waals surface area contributed by atoms with Crippen LogP contribution in [-0.4, -0.2) is 60.2 Å². The van der Waals surface area contributed by atoms with E-state index in [2.05, 4.69) is 15.5 Å². The van der Waals surface area contributed by atoms with E-state index in [4.69, 9.17) is 5.11 Å². The molecule has 2 heterocycles. The van der Waals surface area contributed by atoms with E-state index in [9.17, 15) is 13.2 Å². The van der Waals surface area contributed by atoms with Gasteiger partial charge in [-0.1, -0.05) is 0 Å². The van der Waals surface area contributed by atoms with E-state index in [1.807, 2.05) is 0 Å². The molecule has 1 aromatic rings. The fourth-order valence-electron chi connectivity index (χ4n) is 2.35. The van der Waals surface area contributed by atoms with Crippen LogP contribution in [0.1, 0.15) is 28.9 Å². The van der Waals surface area contributed by atoms with E-state index >= 15 is 0 Å². The van der Waals surface area contributed by atoms with Crippen LogP contribution in [0.3, 0.4) is 0 Å². The van der Waals surface area contributed by atoms with Crippen molar-refractivity contribution in [2.75, 3.05) is 20.1 Å². The lowest BCUT2D eigenvalue weighted by Gasteiger charge is -2.30. The van der Waals surface area contributed by atoms with Crippen LogP contribution >= 0.6 is 0 Å².